The molecule has 0 heterocycles. The van der Waals surface area contributed by atoms with E-state index in [9.17, 15) is 0 Å². The molecule has 0 amide bonds. The summed E-state index contributed by atoms with van der Waals surface area (Å²) < 4.78 is 0. The molecular weight excluding hydrogens is 194 g/mol. The molecule has 0 bridgehead atoms. The van der Waals surface area contributed by atoms with Crippen LogP contribution in [0.3, 0.4) is 0 Å². The molecule has 16 heavy (non-hydrogen) atoms. The van der Waals surface area contributed by atoms with Crippen molar-refractivity contribution in [1.82, 2.24) is 5.32 Å². The van der Waals surface area contributed by atoms with Gasteiger partial charge in [-0.15, -0.1) is 0 Å². The van der Waals surface area contributed by atoms with Crippen LogP contribution in [-0.2, 0) is 0 Å². The van der Waals surface area contributed by atoms with Crippen molar-refractivity contribution in [3.63, 3.8) is 0 Å². The van der Waals surface area contributed by atoms with E-state index in [1.807, 2.05) is 0 Å². The van der Waals surface area contributed by atoms with Crippen LogP contribution in [0.15, 0.2) is 0 Å². The van der Waals surface area contributed by atoms with Gasteiger partial charge in [-0.2, -0.15) is 0 Å². The van der Waals surface area contributed by atoms with Crippen molar-refractivity contribution in [1.29, 1.82) is 0 Å². The maximum absolute atomic E-state index is 3.82. The van der Waals surface area contributed by atoms with Gasteiger partial charge in [0, 0.05) is 6.04 Å². The van der Waals surface area contributed by atoms with Crippen molar-refractivity contribution in [3.05, 3.63) is 0 Å². The van der Waals surface area contributed by atoms with Crippen molar-refractivity contribution >= 4 is 0 Å². The van der Waals surface area contributed by atoms with E-state index in [-0.39, 0.29) is 0 Å². The summed E-state index contributed by atoms with van der Waals surface area (Å²) in [4.78, 5) is 0. The SMILES string of the molecule is CCCCCNC1CC(C)CCC1C(C)C. The molecule has 1 aliphatic rings. The summed E-state index contributed by atoms with van der Waals surface area (Å²) in [6.07, 6.45) is 8.33. The molecule has 3 unspecified atom stereocenters. The Kier molecular flexibility index (Phi) is 6.41. The lowest BCUT2D eigenvalue weighted by Crippen LogP contribution is -2.43. The normalized spacial score (nSPS) is 30.9. The Morgan fingerprint density at radius 3 is 2.56 bits per heavy atom. The van der Waals surface area contributed by atoms with E-state index >= 15 is 0 Å². The molecule has 0 radical (unpaired) electrons. The van der Waals surface area contributed by atoms with E-state index in [4.69, 9.17) is 0 Å². The Morgan fingerprint density at radius 2 is 1.94 bits per heavy atom. The van der Waals surface area contributed by atoms with Gasteiger partial charge in [-0.3, -0.25) is 0 Å². The van der Waals surface area contributed by atoms with Gasteiger partial charge < -0.3 is 5.32 Å². The molecule has 1 saturated carbocycles. The predicted octanol–water partition coefficient (Wildman–Crippen LogP) is 4.23. The molecule has 3 atom stereocenters. The Hall–Kier alpha value is -0.0400. The van der Waals surface area contributed by atoms with Crippen LogP contribution in [-0.4, -0.2) is 12.6 Å². The summed E-state index contributed by atoms with van der Waals surface area (Å²) in [5.74, 6) is 2.69. The summed E-state index contributed by atoms with van der Waals surface area (Å²) in [6, 6.07) is 0.792. The molecule has 0 spiro atoms. The molecule has 1 N–H and O–H groups in total. The largest absolute Gasteiger partial charge is 0.314 e. The first-order chi connectivity index (χ1) is 7.65. The fraction of sp³-hybridized carbons (Fsp3) is 1.00. The number of hydrogen-bond donors (Lipinski definition) is 1. The summed E-state index contributed by atoms with van der Waals surface area (Å²) >= 11 is 0. The van der Waals surface area contributed by atoms with E-state index in [0.29, 0.717) is 0 Å². The minimum Gasteiger partial charge on any atom is -0.314 e. The monoisotopic (exact) mass is 225 g/mol. The lowest BCUT2D eigenvalue weighted by atomic mass is 9.74. The molecule has 1 rings (SSSR count). The number of nitrogens with one attached hydrogen (secondary N) is 1. The van der Waals surface area contributed by atoms with Gasteiger partial charge in [0.15, 0.2) is 0 Å². The molecule has 1 nitrogen and oxygen atoms in total. The summed E-state index contributed by atoms with van der Waals surface area (Å²) in [5, 5.41) is 3.82. The number of hydrogen-bond acceptors (Lipinski definition) is 1. The first-order valence-corrected chi connectivity index (χ1v) is 7.38. The predicted molar refractivity (Wildman–Crippen MR) is 72.7 cm³/mol. The summed E-state index contributed by atoms with van der Waals surface area (Å²) in [5.41, 5.74) is 0. The average Bonchev–Trinajstić information content (AvgIpc) is 2.24. The smallest absolute Gasteiger partial charge is 0.0100 e. The summed E-state index contributed by atoms with van der Waals surface area (Å²) in [6.45, 7) is 10.7. The van der Waals surface area contributed by atoms with Crippen LogP contribution in [0.1, 0.15) is 66.2 Å². The van der Waals surface area contributed by atoms with E-state index in [1.165, 1.54) is 45.1 Å². The van der Waals surface area contributed by atoms with Gasteiger partial charge in [0.2, 0.25) is 0 Å². The highest BCUT2D eigenvalue weighted by atomic mass is 14.9. The molecule has 0 aromatic rings. The average molecular weight is 225 g/mol. The van der Waals surface area contributed by atoms with Crippen LogP contribution in [0.5, 0.6) is 0 Å². The Morgan fingerprint density at radius 1 is 1.19 bits per heavy atom. The molecule has 1 fully saturated rings. The maximum Gasteiger partial charge on any atom is 0.0100 e. The zero-order chi connectivity index (χ0) is 12.0. The molecule has 0 aromatic heterocycles. The van der Waals surface area contributed by atoms with Crippen LogP contribution in [0.4, 0.5) is 0 Å². The van der Waals surface area contributed by atoms with Gasteiger partial charge in [0.25, 0.3) is 0 Å². The lowest BCUT2D eigenvalue weighted by molar-refractivity contribution is 0.170. The second kappa shape index (κ2) is 7.32. The highest BCUT2D eigenvalue weighted by Crippen LogP contribution is 2.33. The highest BCUT2D eigenvalue weighted by molar-refractivity contribution is 4.85. The third-order valence-electron chi connectivity index (χ3n) is 4.21. The Bertz CT molecular complexity index is 176. The molecule has 0 saturated heterocycles. The Balaban J connectivity index is 2.33. The van der Waals surface area contributed by atoms with Crippen molar-refractivity contribution in [2.24, 2.45) is 17.8 Å². The van der Waals surface area contributed by atoms with E-state index < -0.39 is 0 Å². The second-order valence-corrected chi connectivity index (χ2v) is 6.09. The maximum atomic E-state index is 3.82. The zero-order valence-electron chi connectivity index (χ0n) is 11.8. The first-order valence-electron chi connectivity index (χ1n) is 7.38. The van der Waals surface area contributed by atoms with Crippen LogP contribution < -0.4 is 5.32 Å². The Labute approximate surface area is 102 Å². The van der Waals surface area contributed by atoms with Gasteiger partial charge in [0.05, 0.1) is 0 Å². The molecule has 0 aromatic carbocycles. The van der Waals surface area contributed by atoms with E-state index in [2.05, 4.69) is 33.0 Å². The van der Waals surface area contributed by atoms with Gasteiger partial charge in [-0.25, -0.2) is 0 Å². The van der Waals surface area contributed by atoms with Gasteiger partial charge in [-0.05, 0) is 43.6 Å². The quantitative estimate of drug-likeness (QED) is 0.667. The van der Waals surface area contributed by atoms with Crippen LogP contribution >= 0.6 is 0 Å². The lowest BCUT2D eigenvalue weighted by Gasteiger charge is -2.38. The van der Waals surface area contributed by atoms with Gasteiger partial charge in [-0.1, -0.05) is 47.0 Å². The first kappa shape index (κ1) is 14.0. The molecule has 1 heteroatoms. The van der Waals surface area contributed by atoms with Gasteiger partial charge >= 0.3 is 0 Å². The van der Waals surface area contributed by atoms with E-state index in [1.54, 1.807) is 0 Å². The second-order valence-electron chi connectivity index (χ2n) is 6.09. The van der Waals surface area contributed by atoms with Crippen molar-refractivity contribution in [3.8, 4) is 0 Å². The van der Waals surface area contributed by atoms with Gasteiger partial charge in [0.1, 0.15) is 0 Å². The molecular formula is C15H31N. The third-order valence-corrected chi connectivity index (χ3v) is 4.21. The fourth-order valence-electron chi connectivity index (χ4n) is 3.10. The van der Waals surface area contributed by atoms with Crippen molar-refractivity contribution < 1.29 is 0 Å². The molecule has 96 valence electrons. The van der Waals surface area contributed by atoms with Crippen LogP contribution in [0.2, 0.25) is 0 Å². The molecule has 1 aliphatic carbocycles. The standard InChI is InChI=1S/C15H31N/c1-5-6-7-10-16-15-11-13(4)8-9-14(15)12(2)3/h12-16H,5-11H2,1-4H3. The van der Waals surface area contributed by atoms with Crippen molar-refractivity contribution in [2.45, 2.75) is 72.3 Å². The minimum absolute atomic E-state index is 0.792. The topological polar surface area (TPSA) is 12.0 Å². The molecule has 0 aliphatic heterocycles. The summed E-state index contributed by atoms with van der Waals surface area (Å²) in [7, 11) is 0. The number of rotatable bonds is 6. The fourth-order valence-corrected chi connectivity index (χ4v) is 3.10. The van der Waals surface area contributed by atoms with Crippen molar-refractivity contribution in [2.75, 3.05) is 6.54 Å². The zero-order valence-corrected chi connectivity index (χ0v) is 11.8. The third kappa shape index (κ3) is 4.45. The van der Waals surface area contributed by atoms with E-state index in [0.717, 1.165) is 23.8 Å². The number of unbranched alkanes of at least 4 members (excludes halogenated alkanes) is 2. The highest BCUT2D eigenvalue weighted by Gasteiger charge is 2.29. The van der Waals surface area contributed by atoms with Crippen LogP contribution in [0, 0.1) is 17.8 Å². The minimum atomic E-state index is 0.792. The van der Waals surface area contributed by atoms with Crippen LogP contribution in [0.25, 0.3) is 0 Å².